The number of anilines is 1. The first-order valence-corrected chi connectivity index (χ1v) is 17.4. The fourth-order valence-electron chi connectivity index (χ4n) is 5.42. The average molecular weight is 671 g/mol. The van der Waals surface area contributed by atoms with E-state index in [1.165, 1.54) is 4.90 Å². The number of hydrogen-bond donors (Lipinski definition) is 1. The van der Waals surface area contributed by atoms with Crippen molar-refractivity contribution in [3.05, 3.63) is 94.5 Å². The van der Waals surface area contributed by atoms with E-state index in [2.05, 4.69) is 21.2 Å². The molecule has 3 aromatic rings. The van der Waals surface area contributed by atoms with Gasteiger partial charge in [-0.25, -0.2) is 8.42 Å². The molecule has 1 aliphatic rings. The number of ether oxygens (including phenoxy) is 1. The molecule has 0 heterocycles. The number of rotatable bonds is 13. The van der Waals surface area contributed by atoms with E-state index in [0.717, 1.165) is 58.3 Å². The SMILES string of the molecule is CCOc1ccc(N(CC(=O)N(Cc2cccc(Br)c2)[C@@H](Cc2ccccc2)C(=O)NC2CCCCC2)S(C)(=O)=O)cc1. The van der Waals surface area contributed by atoms with Gasteiger partial charge in [0, 0.05) is 23.5 Å². The van der Waals surface area contributed by atoms with E-state index in [4.69, 9.17) is 4.74 Å². The molecule has 0 bridgehead atoms. The maximum atomic E-state index is 14.3. The van der Waals surface area contributed by atoms with E-state index >= 15 is 0 Å². The molecule has 0 aliphatic heterocycles. The first-order chi connectivity index (χ1) is 20.6. The van der Waals surface area contributed by atoms with Crippen LogP contribution in [0.1, 0.15) is 50.2 Å². The van der Waals surface area contributed by atoms with E-state index in [1.54, 1.807) is 24.3 Å². The van der Waals surface area contributed by atoms with Gasteiger partial charge in [0.1, 0.15) is 18.3 Å². The van der Waals surface area contributed by atoms with E-state index < -0.39 is 28.5 Å². The van der Waals surface area contributed by atoms with Crippen molar-refractivity contribution in [2.24, 2.45) is 0 Å². The van der Waals surface area contributed by atoms with Crippen molar-refractivity contribution in [1.82, 2.24) is 10.2 Å². The molecule has 10 heteroatoms. The standard InChI is InChI=1S/C33H40BrN3O5S/c1-3-42-30-19-17-29(18-20-30)37(43(2,40)41)24-32(38)36(23-26-13-10-14-27(34)21-26)31(22-25-11-6-4-7-12-25)33(39)35-28-15-8-5-9-16-28/h4,6-7,10-14,17-21,28,31H,3,5,8-9,15-16,22-24H2,1-2H3,(H,35,39)/t31-/m0/s1. The summed E-state index contributed by atoms with van der Waals surface area (Å²) in [4.78, 5) is 29.8. The zero-order valence-corrected chi connectivity index (χ0v) is 27.1. The highest BCUT2D eigenvalue weighted by molar-refractivity contribution is 9.10. The largest absolute Gasteiger partial charge is 0.494 e. The van der Waals surface area contributed by atoms with Gasteiger partial charge in [0.15, 0.2) is 0 Å². The first-order valence-electron chi connectivity index (χ1n) is 14.7. The molecule has 4 rings (SSSR count). The molecule has 1 aliphatic carbocycles. The van der Waals surface area contributed by atoms with Gasteiger partial charge in [-0.2, -0.15) is 0 Å². The van der Waals surface area contributed by atoms with Crippen LogP contribution in [-0.2, 0) is 32.6 Å². The lowest BCUT2D eigenvalue weighted by Gasteiger charge is -2.35. The van der Waals surface area contributed by atoms with Crippen molar-refractivity contribution in [3.63, 3.8) is 0 Å². The van der Waals surface area contributed by atoms with Crippen LogP contribution in [0.3, 0.4) is 0 Å². The predicted molar refractivity (Wildman–Crippen MR) is 173 cm³/mol. The van der Waals surface area contributed by atoms with Gasteiger partial charge >= 0.3 is 0 Å². The molecule has 230 valence electrons. The minimum Gasteiger partial charge on any atom is -0.494 e. The van der Waals surface area contributed by atoms with Crippen LogP contribution in [0.4, 0.5) is 5.69 Å². The van der Waals surface area contributed by atoms with Crippen LogP contribution in [0.2, 0.25) is 0 Å². The summed E-state index contributed by atoms with van der Waals surface area (Å²) in [5, 5.41) is 3.22. The molecule has 1 saturated carbocycles. The molecule has 8 nitrogen and oxygen atoms in total. The zero-order valence-electron chi connectivity index (χ0n) is 24.7. The van der Waals surface area contributed by atoms with E-state index in [1.807, 2.05) is 61.5 Å². The Hall–Kier alpha value is -3.37. The molecule has 0 saturated heterocycles. The van der Waals surface area contributed by atoms with E-state index in [0.29, 0.717) is 24.5 Å². The fourth-order valence-corrected chi connectivity index (χ4v) is 6.72. The van der Waals surface area contributed by atoms with Crippen LogP contribution in [0, 0.1) is 0 Å². The quantitative estimate of drug-likeness (QED) is 0.252. The molecule has 0 unspecified atom stereocenters. The summed E-state index contributed by atoms with van der Waals surface area (Å²) in [5.41, 5.74) is 2.07. The third-order valence-electron chi connectivity index (χ3n) is 7.58. The summed E-state index contributed by atoms with van der Waals surface area (Å²) in [6.07, 6.45) is 6.45. The third-order valence-corrected chi connectivity index (χ3v) is 9.21. The zero-order chi connectivity index (χ0) is 30.8. The second kappa shape index (κ2) is 15.4. The summed E-state index contributed by atoms with van der Waals surface area (Å²) < 4.78 is 33.4. The number of nitrogens with one attached hydrogen (secondary N) is 1. The Kier molecular flexibility index (Phi) is 11.6. The van der Waals surface area contributed by atoms with Gasteiger partial charge in [-0.1, -0.05) is 77.7 Å². The maximum Gasteiger partial charge on any atom is 0.244 e. The van der Waals surface area contributed by atoms with Crippen molar-refractivity contribution in [3.8, 4) is 5.75 Å². The highest BCUT2D eigenvalue weighted by Gasteiger charge is 2.34. The summed E-state index contributed by atoms with van der Waals surface area (Å²) in [6, 6.07) is 23.0. The minimum absolute atomic E-state index is 0.0544. The first kappa shape index (κ1) is 32.5. The van der Waals surface area contributed by atoms with E-state index in [9.17, 15) is 18.0 Å². The van der Waals surface area contributed by atoms with Gasteiger partial charge in [0.2, 0.25) is 21.8 Å². The molecule has 1 fully saturated rings. The van der Waals surface area contributed by atoms with Gasteiger partial charge in [-0.05, 0) is 67.3 Å². The van der Waals surface area contributed by atoms with Gasteiger partial charge in [-0.15, -0.1) is 0 Å². The summed E-state index contributed by atoms with van der Waals surface area (Å²) in [5.74, 6) is -0.102. The topological polar surface area (TPSA) is 96.0 Å². The Balaban J connectivity index is 1.70. The monoisotopic (exact) mass is 669 g/mol. The Morgan fingerprint density at radius 1 is 0.953 bits per heavy atom. The van der Waals surface area contributed by atoms with Crippen LogP contribution in [0.5, 0.6) is 5.75 Å². The Bertz CT molecular complexity index is 1460. The molecule has 0 aromatic heterocycles. The Morgan fingerprint density at radius 3 is 2.26 bits per heavy atom. The van der Waals surface area contributed by atoms with Crippen molar-refractivity contribution >= 4 is 43.5 Å². The maximum absolute atomic E-state index is 14.3. The van der Waals surface area contributed by atoms with Gasteiger partial charge in [0.05, 0.1) is 18.6 Å². The predicted octanol–water partition coefficient (Wildman–Crippen LogP) is 5.70. The van der Waals surface area contributed by atoms with Crippen molar-refractivity contribution in [1.29, 1.82) is 0 Å². The molecule has 1 atom stereocenters. The van der Waals surface area contributed by atoms with Gasteiger partial charge in [-0.3, -0.25) is 13.9 Å². The number of carbonyl (C=O) groups excluding carboxylic acids is 2. The minimum atomic E-state index is -3.84. The highest BCUT2D eigenvalue weighted by atomic mass is 79.9. The Labute approximate surface area is 263 Å². The number of amides is 2. The molecular weight excluding hydrogens is 630 g/mol. The molecule has 3 aromatic carbocycles. The number of hydrogen-bond acceptors (Lipinski definition) is 5. The number of sulfonamides is 1. The van der Waals surface area contributed by atoms with E-state index in [-0.39, 0.29) is 18.5 Å². The van der Waals surface area contributed by atoms with Crippen molar-refractivity contribution in [2.75, 3.05) is 23.7 Å². The summed E-state index contributed by atoms with van der Waals surface area (Å²) in [7, 11) is -3.84. The number of benzene rings is 3. The van der Waals surface area contributed by atoms with Crippen LogP contribution in [0.15, 0.2) is 83.3 Å². The smallest absolute Gasteiger partial charge is 0.244 e. The molecule has 2 amide bonds. The lowest BCUT2D eigenvalue weighted by Crippen LogP contribution is -2.55. The molecule has 43 heavy (non-hydrogen) atoms. The van der Waals surface area contributed by atoms with Gasteiger partial charge < -0.3 is 15.0 Å². The van der Waals surface area contributed by atoms with Crippen LogP contribution >= 0.6 is 15.9 Å². The molecule has 0 spiro atoms. The lowest BCUT2D eigenvalue weighted by molar-refractivity contribution is -0.140. The average Bonchev–Trinajstić information content (AvgIpc) is 2.99. The molecule has 0 radical (unpaired) electrons. The lowest BCUT2D eigenvalue weighted by atomic mass is 9.94. The molecular formula is C33H40BrN3O5S. The summed E-state index contributed by atoms with van der Waals surface area (Å²) >= 11 is 3.51. The van der Waals surface area contributed by atoms with Gasteiger partial charge in [0.25, 0.3) is 0 Å². The summed E-state index contributed by atoms with van der Waals surface area (Å²) in [6.45, 7) is 2.02. The number of nitrogens with zero attached hydrogens (tertiary/aromatic N) is 2. The second-order valence-corrected chi connectivity index (χ2v) is 13.7. The highest BCUT2D eigenvalue weighted by Crippen LogP contribution is 2.24. The van der Waals surface area contributed by atoms with Crippen molar-refractivity contribution in [2.45, 2.75) is 64.1 Å². The van der Waals surface area contributed by atoms with Crippen LogP contribution in [0.25, 0.3) is 0 Å². The van der Waals surface area contributed by atoms with Crippen molar-refractivity contribution < 1.29 is 22.7 Å². The second-order valence-electron chi connectivity index (χ2n) is 10.9. The van der Waals surface area contributed by atoms with Crippen LogP contribution < -0.4 is 14.4 Å². The van der Waals surface area contributed by atoms with Crippen LogP contribution in [-0.4, -0.2) is 56.6 Å². The number of halogens is 1. The number of carbonyl (C=O) groups is 2. The fraction of sp³-hybridized carbons (Fsp3) is 0.394. The molecule has 1 N–H and O–H groups in total. The Morgan fingerprint density at radius 2 is 1.63 bits per heavy atom. The normalized spacial score (nSPS) is 14.5. The third kappa shape index (κ3) is 9.56.